The van der Waals surface area contributed by atoms with Crippen LogP contribution in [0.1, 0.15) is 16.1 Å². The first kappa shape index (κ1) is 21.6. The average molecular weight is 462 g/mol. The molecule has 9 heteroatoms. The summed E-state index contributed by atoms with van der Waals surface area (Å²) in [6.07, 6.45) is 1.46. The zero-order valence-corrected chi connectivity index (χ0v) is 18.1. The number of nitrogens with zero attached hydrogens (tertiary/aromatic N) is 2. The van der Waals surface area contributed by atoms with E-state index in [4.69, 9.17) is 8.83 Å². The number of hydrogen-bond donors (Lipinski definition) is 3. The number of carbonyl (C=O) groups is 1. The van der Waals surface area contributed by atoms with Gasteiger partial charge in [0.25, 0.3) is 5.91 Å². The maximum absolute atomic E-state index is 12.8. The number of benzene rings is 2. The van der Waals surface area contributed by atoms with Crippen LogP contribution in [0.2, 0.25) is 0 Å². The average Bonchev–Trinajstić information content (AvgIpc) is 3.36. The lowest BCUT2D eigenvalue weighted by molar-refractivity contribution is 0.0597. The Bertz CT molecular complexity index is 1400. The number of rotatable bonds is 4. The lowest BCUT2D eigenvalue weighted by Gasteiger charge is -2.34. The molecule has 1 aliphatic rings. The highest BCUT2D eigenvalue weighted by Gasteiger charge is 2.26. The fourth-order valence-electron chi connectivity index (χ4n) is 4.16. The molecular weight excluding hydrogens is 440 g/mol. The molecule has 0 spiro atoms. The quantitative estimate of drug-likeness (QED) is 0.422. The Kier molecular flexibility index (Phi) is 5.46. The molecule has 1 aliphatic heterocycles. The number of phenolic OH excluding ortho intramolecular Hbond substituents is 3. The molecule has 2 aromatic heterocycles. The van der Waals surface area contributed by atoms with Crippen LogP contribution in [0.25, 0.3) is 22.3 Å². The number of amides is 1. The molecule has 0 aliphatic carbocycles. The van der Waals surface area contributed by atoms with Gasteiger partial charge in [0.1, 0.15) is 28.4 Å². The minimum Gasteiger partial charge on any atom is -0.508 e. The maximum atomic E-state index is 12.8. The van der Waals surface area contributed by atoms with E-state index in [1.165, 1.54) is 24.5 Å². The SMILES string of the molecule is O=C(c1ccco1)N1CCN(Cc2c(O)cc(O)c3c(=O)cc(-c4ccc(O)cc4)oc23)CC1. The Labute approximate surface area is 193 Å². The van der Waals surface area contributed by atoms with Crippen molar-refractivity contribution in [1.82, 2.24) is 9.80 Å². The molecule has 1 amide bonds. The first-order valence-electron chi connectivity index (χ1n) is 10.8. The first-order chi connectivity index (χ1) is 16.4. The second-order valence-electron chi connectivity index (χ2n) is 8.16. The van der Waals surface area contributed by atoms with Crippen molar-refractivity contribution in [3.8, 4) is 28.6 Å². The fraction of sp³-hybridized carbons (Fsp3) is 0.200. The molecular formula is C25H22N2O7. The molecule has 5 rings (SSSR count). The molecule has 174 valence electrons. The molecule has 1 fully saturated rings. The van der Waals surface area contributed by atoms with Crippen molar-refractivity contribution in [2.24, 2.45) is 0 Å². The first-order valence-corrected chi connectivity index (χ1v) is 10.8. The number of aromatic hydroxyl groups is 3. The van der Waals surface area contributed by atoms with Gasteiger partial charge in [-0.3, -0.25) is 14.5 Å². The van der Waals surface area contributed by atoms with E-state index in [2.05, 4.69) is 0 Å². The summed E-state index contributed by atoms with van der Waals surface area (Å²) in [5.41, 5.74) is 0.589. The van der Waals surface area contributed by atoms with Crippen LogP contribution in [0, 0.1) is 0 Å². The molecule has 0 saturated carbocycles. The lowest BCUT2D eigenvalue weighted by atomic mass is 10.1. The van der Waals surface area contributed by atoms with Crippen molar-refractivity contribution in [2.45, 2.75) is 6.54 Å². The Hall–Kier alpha value is -4.24. The molecule has 0 radical (unpaired) electrons. The summed E-state index contributed by atoms with van der Waals surface area (Å²) in [7, 11) is 0. The predicted octanol–water partition coefficient (Wildman–Crippen LogP) is 3.13. The summed E-state index contributed by atoms with van der Waals surface area (Å²) < 4.78 is 11.2. The van der Waals surface area contributed by atoms with Crippen molar-refractivity contribution < 1.29 is 28.9 Å². The van der Waals surface area contributed by atoms with Gasteiger partial charge >= 0.3 is 0 Å². The Morgan fingerprint density at radius 1 is 0.941 bits per heavy atom. The summed E-state index contributed by atoms with van der Waals surface area (Å²) in [4.78, 5) is 29.1. The van der Waals surface area contributed by atoms with Gasteiger partial charge < -0.3 is 29.1 Å². The van der Waals surface area contributed by atoms with Crippen molar-refractivity contribution in [1.29, 1.82) is 0 Å². The number of carbonyl (C=O) groups excluding carboxylic acids is 1. The second kappa shape index (κ2) is 8.60. The summed E-state index contributed by atoms with van der Waals surface area (Å²) in [5, 5.41) is 30.5. The zero-order valence-electron chi connectivity index (χ0n) is 18.1. The van der Waals surface area contributed by atoms with Crippen LogP contribution in [-0.2, 0) is 6.54 Å². The summed E-state index contributed by atoms with van der Waals surface area (Å²) in [5.74, 6) is -0.113. The number of piperazine rings is 1. The van der Waals surface area contributed by atoms with Gasteiger partial charge in [0, 0.05) is 50.4 Å². The molecule has 0 atom stereocenters. The third-order valence-electron chi connectivity index (χ3n) is 5.99. The van der Waals surface area contributed by atoms with Gasteiger partial charge in [-0.25, -0.2) is 0 Å². The molecule has 3 heterocycles. The van der Waals surface area contributed by atoms with Gasteiger partial charge in [0.2, 0.25) is 0 Å². The van der Waals surface area contributed by atoms with Gasteiger partial charge in [-0.2, -0.15) is 0 Å². The van der Waals surface area contributed by atoms with E-state index in [1.807, 2.05) is 4.90 Å². The van der Waals surface area contributed by atoms with Crippen LogP contribution in [-0.4, -0.2) is 57.2 Å². The summed E-state index contributed by atoms with van der Waals surface area (Å²) in [6.45, 7) is 2.28. The highest BCUT2D eigenvalue weighted by molar-refractivity contribution is 5.91. The van der Waals surface area contributed by atoms with Crippen molar-refractivity contribution >= 4 is 16.9 Å². The normalized spacial score (nSPS) is 14.5. The molecule has 2 aromatic carbocycles. The standard InChI is InChI=1S/C25H22N2O7/c28-16-5-3-15(4-6-16)22-13-20(31)23-19(30)12-18(29)17(24(23)34-22)14-26-7-9-27(10-8-26)25(32)21-2-1-11-33-21/h1-6,11-13,28-30H,7-10,14H2. The highest BCUT2D eigenvalue weighted by atomic mass is 16.3. The largest absolute Gasteiger partial charge is 0.508 e. The van der Waals surface area contributed by atoms with Crippen molar-refractivity contribution in [2.75, 3.05) is 26.2 Å². The van der Waals surface area contributed by atoms with E-state index in [1.54, 1.807) is 29.2 Å². The third-order valence-corrected chi connectivity index (χ3v) is 5.99. The smallest absolute Gasteiger partial charge is 0.289 e. The Morgan fingerprint density at radius 2 is 1.68 bits per heavy atom. The molecule has 3 N–H and O–H groups in total. The van der Waals surface area contributed by atoms with E-state index in [0.717, 1.165) is 6.07 Å². The monoisotopic (exact) mass is 462 g/mol. The van der Waals surface area contributed by atoms with Gasteiger partial charge in [0.15, 0.2) is 16.8 Å². The fourth-order valence-corrected chi connectivity index (χ4v) is 4.16. The number of fused-ring (bicyclic) bond motifs is 1. The van der Waals surface area contributed by atoms with Gasteiger partial charge in [-0.15, -0.1) is 0 Å². The van der Waals surface area contributed by atoms with Crippen LogP contribution in [0.4, 0.5) is 0 Å². The molecule has 0 unspecified atom stereocenters. The van der Waals surface area contributed by atoms with Crippen LogP contribution >= 0.6 is 0 Å². The lowest BCUT2D eigenvalue weighted by Crippen LogP contribution is -2.48. The molecule has 9 nitrogen and oxygen atoms in total. The van der Waals surface area contributed by atoms with Crippen molar-refractivity contribution in [3.05, 3.63) is 76.3 Å². The maximum Gasteiger partial charge on any atom is 0.289 e. The summed E-state index contributed by atoms with van der Waals surface area (Å²) >= 11 is 0. The number of phenols is 3. The molecule has 34 heavy (non-hydrogen) atoms. The van der Waals surface area contributed by atoms with E-state index >= 15 is 0 Å². The third kappa shape index (κ3) is 3.97. The van der Waals surface area contributed by atoms with Crippen molar-refractivity contribution in [3.63, 3.8) is 0 Å². The van der Waals surface area contributed by atoms with Gasteiger partial charge in [0.05, 0.1) is 11.8 Å². The molecule has 0 bridgehead atoms. The topological polar surface area (TPSA) is 128 Å². The van der Waals surface area contributed by atoms with E-state index in [-0.39, 0.29) is 46.4 Å². The Balaban J connectivity index is 1.44. The van der Waals surface area contributed by atoms with Crippen LogP contribution in [0.15, 0.2) is 68.4 Å². The molecule has 1 saturated heterocycles. The van der Waals surface area contributed by atoms with Gasteiger partial charge in [-0.05, 0) is 36.4 Å². The molecule has 4 aromatic rings. The van der Waals surface area contributed by atoms with E-state index in [0.29, 0.717) is 43.1 Å². The Morgan fingerprint density at radius 3 is 2.35 bits per heavy atom. The van der Waals surface area contributed by atoms with Gasteiger partial charge in [-0.1, -0.05) is 0 Å². The van der Waals surface area contributed by atoms with Crippen LogP contribution in [0.5, 0.6) is 17.2 Å². The zero-order chi connectivity index (χ0) is 23.8. The minimum absolute atomic E-state index is 0.0121. The predicted molar refractivity (Wildman–Crippen MR) is 123 cm³/mol. The highest BCUT2D eigenvalue weighted by Crippen LogP contribution is 2.36. The minimum atomic E-state index is -0.447. The summed E-state index contributed by atoms with van der Waals surface area (Å²) in [6, 6.07) is 11.9. The van der Waals surface area contributed by atoms with E-state index in [9.17, 15) is 24.9 Å². The van der Waals surface area contributed by atoms with Crippen LogP contribution in [0.3, 0.4) is 0 Å². The number of hydrogen-bond acceptors (Lipinski definition) is 8. The second-order valence-corrected chi connectivity index (χ2v) is 8.16. The number of furan rings is 1. The van der Waals surface area contributed by atoms with Crippen LogP contribution < -0.4 is 5.43 Å². The van der Waals surface area contributed by atoms with E-state index < -0.39 is 5.43 Å².